The summed E-state index contributed by atoms with van der Waals surface area (Å²) in [5.74, 6) is 0. The average molecular weight is 260 g/mol. The molecule has 0 saturated carbocycles. The van der Waals surface area contributed by atoms with Crippen molar-refractivity contribution < 1.29 is 5.11 Å². The molecule has 0 unspecified atom stereocenters. The van der Waals surface area contributed by atoms with E-state index >= 15 is 0 Å². The van der Waals surface area contributed by atoms with E-state index in [1.807, 2.05) is 14.1 Å². The maximum Gasteiger partial charge on any atom is 0.123 e. The number of benzene rings is 1. The van der Waals surface area contributed by atoms with Crippen molar-refractivity contribution in [2.24, 2.45) is 0 Å². The fourth-order valence-electron chi connectivity index (χ4n) is 2.23. The molecule has 1 N–H and O–H groups in total. The van der Waals surface area contributed by atoms with Crippen LogP contribution in [0.4, 0.5) is 5.69 Å². The number of anilines is 1. The van der Waals surface area contributed by atoms with E-state index in [0.29, 0.717) is 0 Å². The SMILES string of the molecule is CN(C)c1ccc(-c2nc3c(s2)[C@H](O)CC3)cc1. The van der Waals surface area contributed by atoms with Crippen LogP contribution in [-0.4, -0.2) is 24.2 Å². The van der Waals surface area contributed by atoms with Crippen LogP contribution in [0.2, 0.25) is 0 Å². The van der Waals surface area contributed by atoms with Crippen LogP contribution in [0, 0.1) is 0 Å². The molecule has 1 aromatic heterocycles. The van der Waals surface area contributed by atoms with Crippen LogP contribution in [0.25, 0.3) is 10.6 Å². The number of hydrogen-bond acceptors (Lipinski definition) is 4. The minimum absolute atomic E-state index is 0.299. The third-order valence-electron chi connectivity index (χ3n) is 3.32. The molecule has 3 nitrogen and oxygen atoms in total. The molecule has 0 spiro atoms. The molecule has 2 aromatic rings. The van der Waals surface area contributed by atoms with Gasteiger partial charge in [-0.1, -0.05) is 0 Å². The Hall–Kier alpha value is -1.39. The van der Waals surface area contributed by atoms with Gasteiger partial charge in [0, 0.05) is 25.3 Å². The molecular formula is C14H16N2OS. The van der Waals surface area contributed by atoms with Crippen molar-refractivity contribution in [1.29, 1.82) is 0 Å². The number of nitrogens with zero attached hydrogens (tertiary/aromatic N) is 2. The van der Waals surface area contributed by atoms with Gasteiger partial charge < -0.3 is 10.0 Å². The highest BCUT2D eigenvalue weighted by molar-refractivity contribution is 7.15. The maximum absolute atomic E-state index is 9.82. The third kappa shape index (κ3) is 1.91. The second-order valence-corrected chi connectivity index (χ2v) is 5.86. The zero-order valence-corrected chi connectivity index (χ0v) is 11.4. The second kappa shape index (κ2) is 4.37. The standard InChI is InChI=1S/C14H16N2OS/c1-16(2)10-5-3-9(4-6-10)14-15-11-7-8-12(17)13(11)18-14/h3-6,12,17H,7-8H2,1-2H3/t12-/m1/s1. The second-order valence-electron chi connectivity index (χ2n) is 4.83. The van der Waals surface area contributed by atoms with Gasteiger partial charge in [-0.05, 0) is 37.1 Å². The van der Waals surface area contributed by atoms with Gasteiger partial charge in [-0.15, -0.1) is 11.3 Å². The number of thiazole rings is 1. The largest absolute Gasteiger partial charge is 0.387 e. The highest BCUT2D eigenvalue weighted by Crippen LogP contribution is 2.39. The van der Waals surface area contributed by atoms with Crippen molar-refractivity contribution in [2.45, 2.75) is 18.9 Å². The molecule has 94 valence electrons. The van der Waals surface area contributed by atoms with Gasteiger partial charge in [-0.2, -0.15) is 0 Å². The molecule has 1 heterocycles. The van der Waals surface area contributed by atoms with Crippen LogP contribution in [0.5, 0.6) is 0 Å². The van der Waals surface area contributed by atoms with Crippen LogP contribution in [-0.2, 0) is 6.42 Å². The fraction of sp³-hybridized carbons (Fsp3) is 0.357. The van der Waals surface area contributed by atoms with Crippen molar-refractivity contribution in [2.75, 3.05) is 19.0 Å². The molecule has 0 aliphatic heterocycles. The summed E-state index contributed by atoms with van der Waals surface area (Å²) in [6.07, 6.45) is 1.43. The van der Waals surface area contributed by atoms with Crippen LogP contribution in [0.15, 0.2) is 24.3 Å². The summed E-state index contributed by atoms with van der Waals surface area (Å²) in [4.78, 5) is 7.77. The Morgan fingerprint density at radius 3 is 2.61 bits per heavy atom. The van der Waals surface area contributed by atoms with E-state index in [1.165, 1.54) is 5.69 Å². The predicted molar refractivity (Wildman–Crippen MR) is 75.2 cm³/mol. The summed E-state index contributed by atoms with van der Waals surface area (Å²) < 4.78 is 0. The molecule has 1 aromatic carbocycles. The first-order valence-electron chi connectivity index (χ1n) is 6.10. The Morgan fingerprint density at radius 1 is 1.28 bits per heavy atom. The van der Waals surface area contributed by atoms with Crippen molar-refractivity contribution in [1.82, 2.24) is 4.98 Å². The van der Waals surface area contributed by atoms with E-state index in [9.17, 15) is 5.11 Å². The van der Waals surface area contributed by atoms with Crippen LogP contribution >= 0.6 is 11.3 Å². The summed E-state index contributed by atoms with van der Waals surface area (Å²) in [5.41, 5.74) is 3.40. The van der Waals surface area contributed by atoms with Crippen LogP contribution < -0.4 is 4.90 Å². The van der Waals surface area contributed by atoms with E-state index in [0.717, 1.165) is 34.0 Å². The number of aryl methyl sites for hydroxylation is 1. The first kappa shape index (κ1) is 11.7. The summed E-state index contributed by atoms with van der Waals surface area (Å²) in [7, 11) is 4.06. The summed E-state index contributed by atoms with van der Waals surface area (Å²) in [6.45, 7) is 0. The Balaban J connectivity index is 1.93. The van der Waals surface area contributed by atoms with E-state index in [2.05, 4.69) is 34.1 Å². The molecule has 18 heavy (non-hydrogen) atoms. The smallest absolute Gasteiger partial charge is 0.123 e. The Morgan fingerprint density at radius 2 is 2.00 bits per heavy atom. The molecule has 1 aliphatic rings. The quantitative estimate of drug-likeness (QED) is 0.902. The normalized spacial score (nSPS) is 17.8. The van der Waals surface area contributed by atoms with Gasteiger partial charge in [0.2, 0.25) is 0 Å². The van der Waals surface area contributed by atoms with Crippen LogP contribution in [0.3, 0.4) is 0 Å². The predicted octanol–water partition coefficient (Wildman–Crippen LogP) is 2.86. The number of aliphatic hydroxyl groups is 1. The number of aliphatic hydroxyl groups excluding tert-OH is 1. The zero-order chi connectivity index (χ0) is 12.7. The van der Waals surface area contributed by atoms with Crippen molar-refractivity contribution in [3.8, 4) is 10.6 Å². The van der Waals surface area contributed by atoms with Gasteiger partial charge in [0.1, 0.15) is 5.01 Å². The number of hydrogen-bond donors (Lipinski definition) is 1. The topological polar surface area (TPSA) is 36.4 Å². The highest BCUT2D eigenvalue weighted by Gasteiger charge is 2.25. The van der Waals surface area contributed by atoms with Gasteiger partial charge in [0.15, 0.2) is 0 Å². The fourth-order valence-corrected chi connectivity index (χ4v) is 3.37. The number of fused-ring (bicyclic) bond motifs is 1. The summed E-state index contributed by atoms with van der Waals surface area (Å²) in [6, 6.07) is 8.38. The van der Waals surface area contributed by atoms with Crippen LogP contribution in [0.1, 0.15) is 23.1 Å². The molecule has 0 saturated heterocycles. The maximum atomic E-state index is 9.82. The van der Waals surface area contributed by atoms with E-state index in [-0.39, 0.29) is 6.10 Å². The first-order chi connectivity index (χ1) is 8.65. The van der Waals surface area contributed by atoms with Crippen molar-refractivity contribution in [3.63, 3.8) is 0 Å². The van der Waals surface area contributed by atoms with Gasteiger partial charge in [0.05, 0.1) is 16.7 Å². The highest BCUT2D eigenvalue weighted by atomic mass is 32.1. The lowest BCUT2D eigenvalue weighted by molar-refractivity contribution is 0.183. The van der Waals surface area contributed by atoms with E-state index in [4.69, 9.17) is 0 Å². The summed E-state index contributed by atoms with van der Waals surface area (Å²) in [5, 5.41) is 10.8. The molecule has 0 amide bonds. The van der Waals surface area contributed by atoms with E-state index in [1.54, 1.807) is 11.3 Å². The minimum Gasteiger partial charge on any atom is -0.387 e. The Labute approximate surface area is 111 Å². The monoisotopic (exact) mass is 260 g/mol. The summed E-state index contributed by atoms with van der Waals surface area (Å²) >= 11 is 1.62. The van der Waals surface area contributed by atoms with Crippen molar-refractivity contribution in [3.05, 3.63) is 34.8 Å². The Kier molecular flexibility index (Phi) is 2.84. The molecule has 3 rings (SSSR count). The molecule has 1 atom stereocenters. The lowest BCUT2D eigenvalue weighted by Gasteiger charge is -2.12. The first-order valence-corrected chi connectivity index (χ1v) is 6.92. The molecule has 4 heteroatoms. The third-order valence-corrected chi connectivity index (χ3v) is 4.56. The molecule has 0 fully saturated rings. The molecular weight excluding hydrogens is 244 g/mol. The van der Waals surface area contributed by atoms with Gasteiger partial charge in [-0.3, -0.25) is 0 Å². The average Bonchev–Trinajstić information content (AvgIpc) is 2.92. The zero-order valence-electron chi connectivity index (χ0n) is 10.6. The van der Waals surface area contributed by atoms with E-state index < -0.39 is 0 Å². The molecule has 1 aliphatic carbocycles. The van der Waals surface area contributed by atoms with Gasteiger partial charge in [-0.25, -0.2) is 4.98 Å². The number of aromatic nitrogens is 1. The Bertz CT molecular complexity index is 560. The van der Waals surface area contributed by atoms with Gasteiger partial charge >= 0.3 is 0 Å². The minimum atomic E-state index is -0.299. The van der Waals surface area contributed by atoms with Gasteiger partial charge in [0.25, 0.3) is 0 Å². The lowest BCUT2D eigenvalue weighted by atomic mass is 10.2. The number of rotatable bonds is 2. The molecule has 0 radical (unpaired) electrons. The van der Waals surface area contributed by atoms with Crippen molar-refractivity contribution >= 4 is 17.0 Å². The molecule has 0 bridgehead atoms. The lowest BCUT2D eigenvalue weighted by Crippen LogP contribution is -2.07.